The summed E-state index contributed by atoms with van der Waals surface area (Å²) in [6.45, 7) is 4.16. The molecule has 0 fully saturated rings. The van der Waals surface area contributed by atoms with Gasteiger partial charge in [0.1, 0.15) is 19.3 Å². The number of unbranched alkanes of at least 4 members (excludes halogenated alkanes) is 15. The van der Waals surface area contributed by atoms with Crippen molar-refractivity contribution in [1.82, 2.24) is 5.32 Å². The van der Waals surface area contributed by atoms with Crippen LogP contribution in [0.1, 0.15) is 155 Å². The van der Waals surface area contributed by atoms with Crippen molar-refractivity contribution in [3.63, 3.8) is 0 Å². The summed E-state index contributed by atoms with van der Waals surface area (Å²) in [5.74, 6) is -0.307. The number of phosphoric ester groups is 1. The third-order valence-electron chi connectivity index (χ3n) is 8.93. The van der Waals surface area contributed by atoms with Crippen molar-refractivity contribution in [3.05, 3.63) is 48.6 Å². The van der Waals surface area contributed by atoms with Crippen LogP contribution in [-0.4, -0.2) is 79.8 Å². The first-order valence-corrected chi connectivity index (χ1v) is 22.0. The van der Waals surface area contributed by atoms with Gasteiger partial charge in [0.2, 0.25) is 5.91 Å². The van der Waals surface area contributed by atoms with Gasteiger partial charge in [0.25, 0.3) is 7.82 Å². The zero-order valence-electron chi connectivity index (χ0n) is 33.9. The summed E-state index contributed by atoms with van der Waals surface area (Å²) >= 11 is 0. The molecule has 0 aromatic carbocycles. The molecule has 0 saturated heterocycles. The monoisotopic (exact) mass is 755 g/mol. The lowest BCUT2D eigenvalue weighted by Gasteiger charge is -2.31. The fraction of sp³-hybridized carbons (Fsp3) is 0.786. The summed E-state index contributed by atoms with van der Waals surface area (Å²) in [4.78, 5) is 25.3. The second kappa shape index (κ2) is 33.9. The maximum absolute atomic E-state index is 12.8. The van der Waals surface area contributed by atoms with Crippen LogP contribution in [-0.2, 0) is 18.4 Å². The van der Waals surface area contributed by atoms with E-state index in [4.69, 9.17) is 9.05 Å². The number of quaternary nitrogens is 1. The number of allylic oxidation sites excluding steroid dienone is 8. The lowest BCUT2D eigenvalue weighted by molar-refractivity contribution is -0.870. The summed E-state index contributed by atoms with van der Waals surface area (Å²) in [6.07, 6.45) is 37.4. The van der Waals surface area contributed by atoms with Gasteiger partial charge in [0, 0.05) is 6.42 Å². The van der Waals surface area contributed by atoms with Gasteiger partial charge in [-0.1, -0.05) is 113 Å². The number of rotatable bonds is 36. The van der Waals surface area contributed by atoms with Gasteiger partial charge in [0.15, 0.2) is 0 Å². The molecule has 4 unspecified atom stereocenters. The molecule has 4 atom stereocenters. The highest BCUT2D eigenvalue weighted by Crippen LogP contribution is 2.38. The minimum atomic E-state index is -4.68. The van der Waals surface area contributed by atoms with Crippen LogP contribution < -0.4 is 10.2 Å². The highest BCUT2D eigenvalue weighted by Gasteiger charge is 2.29. The van der Waals surface area contributed by atoms with Gasteiger partial charge in [-0.3, -0.25) is 9.36 Å². The number of carbonyl (C=O) groups is 1. The number of carbonyl (C=O) groups excluding carboxylic acids is 1. The zero-order valence-corrected chi connectivity index (χ0v) is 34.8. The minimum absolute atomic E-state index is 0.0532. The lowest BCUT2D eigenvalue weighted by Crippen LogP contribution is -2.51. The summed E-state index contributed by atoms with van der Waals surface area (Å²) < 4.78 is 23.0. The molecule has 0 bridgehead atoms. The van der Waals surface area contributed by atoms with E-state index >= 15 is 0 Å². The molecule has 10 heteroatoms. The van der Waals surface area contributed by atoms with Gasteiger partial charge >= 0.3 is 0 Å². The van der Waals surface area contributed by atoms with E-state index in [9.17, 15) is 24.5 Å². The molecule has 0 aliphatic carbocycles. The van der Waals surface area contributed by atoms with Crippen LogP contribution in [0.3, 0.4) is 0 Å². The van der Waals surface area contributed by atoms with Crippen LogP contribution in [0.15, 0.2) is 48.6 Å². The van der Waals surface area contributed by atoms with Gasteiger partial charge in [-0.25, -0.2) is 0 Å². The molecular weight excluding hydrogens is 675 g/mol. The van der Waals surface area contributed by atoms with Crippen molar-refractivity contribution >= 4 is 13.7 Å². The van der Waals surface area contributed by atoms with Gasteiger partial charge in [0.05, 0.1) is 39.9 Å². The number of amides is 1. The number of likely N-dealkylation sites (N-methyl/N-ethyl adjacent to an activating group) is 1. The first-order valence-electron chi connectivity index (χ1n) is 20.5. The van der Waals surface area contributed by atoms with Crippen molar-refractivity contribution in [3.8, 4) is 0 Å². The average molecular weight is 755 g/mol. The number of nitrogens with one attached hydrogen (secondary N) is 1. The molecular formula is C42H79N2O7P. The number of nitrogens with zero attached hydrogens (tertiary/aromatic N) is 1. The van der Waals surface area contributed by atoms with Crippen molar-refractivity contribution < 1.29 is 38.0 Å². The third-order valence-corrected chi connectivity index (χ3v) is 9.90. The molecule has 1 amide bonds. The predicted octanol–water partition coefficient (Wildman–Crippen LogP) is 9.25. The topological polar surface area (TPSA) is 128 Å². The van der Waals surface area contributed by atoms with Gasteiger partial charge in [-0.05, 0) is 84.0 Å². The van der Waals surface area contributed by atoms with Crippen molar-refractivity contribution in [2.24, 2.45) is 0 Å². The Morgan fingerprint density at radius 3 is 1.73 bits per heavy atom. The van der Waals surface area contributed by atoms with E-state index in [1.54, 1.807) is 0 Å². The fourth-order valence-electron chi connectivity index (χ4n) is 5.58. The van der Waals surface area contributed by atoms with Crippen LogP contribution >= 0.6 is 7.82 Å². The average Bonchev–Trinajstić information content (AvgIpc) is 3.09. The first-order chi connectivity index (χ1) is 24.9. The van der Waals surface area contributed by atoms with Gasteiger partial charge < -0.3 is 34.0 Å². The number of aliphatic hydroxyl groups excluding tert-OH is 2. The lowest BCUT2D eigenvalue weighted by atomic mass is 10.0. The molecule has 0 radical (unpaired) electrons. The molecule has 0 rings (SSSR count). The summed E-state index contributed by atoms with van der Waals surface area (Å²) in [5.41, 5.74) is 0. The maximum atomic E-state index is 12.8. The van der Waals surface area contributed by atoms with Crippen molar-refractivity contribution in [1.29, 1.82) is 0 Å². The summed E-state index contributed by atoms with van der Waals surface area (Å²) in [7, 11) is 1.08. The number of hydrogen-bond acceptors (Lipinski definition) is 7. The van der Waals surface area contributed by atoms with E-state index in [-0.39, 0.29) is 18.9 Å². The van der Waals surface area contributed by atoms with Crippen LogP contribution in [0.2, 0.25) is 0 Å². The maximum Gasteiger partial charge on any atom is 0.268 e. The third kappa shape index (κ3) is 34.2. The molecule has 0 aliphatic heterocycles. The Morgan fingerprint density at radius 2 is 1.19 bits per heavy atom. The molecule has 52 heavy (non-hydrogen) atoms. The standard InChI is InChI=1S/C42H79N2O7P/c1-6-8-10-12-14-16-18-20-21-22-23-25-27-29-31-33-35-41(46)43-39(38-51-52(48,49)50-37-36-44(3,4)5)42(47)40(45)34-32-30-28-26-24-19-17-15-13-11-9-7-2/h7,9,15,17,21-22,26,28,39-40,42,45,47H,6,8,10-14,16,18-20,23-25,27,29-38H2,1-5H3,(H-,43,46,48,49)/b9-7+,17-15+,22-21-,28-26+. The van der Waals surface area contributed by atoms with Gasteiger partial charge in [-0.15, -0.1) is 0 Å². The van der Waals surface area contributed by atoms with E-state index in [2.05, 4.69) is 60.8 Å². The van der Waals surface area contributed by atoms with E-state index in [1.165, 1.54) is 51.4 Å². The van der Waals surface area contributed by atoms with E-state index in [1.807, 2.05) is 28.1 Å². The summed E-state index contributed by atoms with van der Waals surface area (Å²) in [6, 6.07) is -1.10. The Kier molecular flexibility index (Phi) is 32.9. The molecule has 0 aliphatic rings. The second-order valence-electron chi connectivity index (χ2n) is 15.1. The second-order valence-corrected chi connectivity index (χ2v) is 16.5. The molecule has 0 heterocycles. The first kappa shape index (κ1) is 50.4. The van der Waals surface area contributed by atoms with Crippen LogP contribution in [0, 0.1) is 0 Å². The van der Waals surface area contributed by atoms with Gasteiger partial charge in [-0.2, -0.15) is 0 Å². The normalized spacial score (nSPS) is 15.6. The molecule has 3 N–H and O–H groups in total. The van der Waals surface area contributed by atoms with Crippen molar-refractivity contribution in [2.45, 2.75) is 173 Å². The number of hydrogen-bond donors (Lipinski definition) is 3. The number of phosphoric acid groups is 1. The Morgan fingerprint density at radius 1 is 0.712 bits per heavy atom. The molecule has 0 aromatic rings. The summed E-state index contributed by atoms with van der Waals surface area (Å²) in [5, 5.41) is 24.5. The van der Waals surface area contributed by atoms with Crippen LogP contribution in [0.4, 0.5) is 0 Å². The molecule has 0 aromatic heterocycles. The SMILES string of the molecule is C/C=C/CC/C=C/CC/C=C/CCCC(O)C(O)C(COP(=O)([O-])OCC[N+](C)(C)C)NC(=O)CCCCCCC/C=C\CCCCCCCCC. The molecule has 0 saturated carbocycles. The highest BCUT2D eigenvalue weighted by molar-refractivity contribution is 7.45. The Hall–Kier alpha value is -1.58. The minimum Gasteiger partial charge on any atom is -0.756 e. The van der Waals surface area contributed by atoms with E-state index in [0.29, 0.717) is 30.3 Å². The van der Waals surface area contributed by atoms with Crippen LogP contribution in [0.5, 0.6) is 0 Å². The molecule has 304 valence electrons. The van der Waals surface area contributed by atoms with E-state index in [0.717, 1.165) is 64.2 Å². The van der Waals surface area contributed by atoms with Crippen molar-refractivity contribution in [2.75, 3.05) is 40.9 Å². The largest absolute Gasteiger partial charge is 0.756 e. The van der Waals surface area contributed by atoms with Crippen LogP contribution in [0.25, 0.3) is 0 Å². The Balaban J connectivity index is 4.63. The Bertz CT molecular complexity index is 1010. The van der Waals surface area contributed by atoms with E-state index < -0.39 is 32.7 Å². The number of aliphatic hydroxyl groups is 2. The molecule has 9 nitrogen and oxygen atoms in total. The Labute approximate surface area is 319 Å². The smallest absolute Gasteiger partial charge is 0.268 e. The zero-order chi connectivity index (χ0) is 38.8. The fourth-order valence-corrected chi connectivity index (χ4v) is 6.30. The predicted molar refractivity (Wildman–Crippen MR) is 216 cm³/mol. The molecule has 0 spiro atoms. The quantitative estimate of drug-likeness (QED) is 0.0252. The highest BCUT2D eigenvalue weighted by atomic mass is 31.2.